The summed E-state index contributed by atoms with van der Waals surface area (Å²) in [5.74, 6) is 0.793. The summed E-state index contributed by atoms with van der Waals surface area (Å²) in [6.45, 7) is 4.70. The molecule has 3 rings (SSSR count). The van der Waals surface area contributed by atoms with Crippen molar-refractivity contribution in [3.63, 3.8) is 0 Å². The standard InChI is InChI=1S/C20H25NO2S/c1-15(2)23-17-9-7-16(8-10-17)19(22)21-14-20(11-3-4-12-20)18-6-5-13-24-18/h5-10,13,15H,3-4,11-12,14H2,1-2H3,(H,21,22). The van der Waals surface area contributed by atoms with Crippen LogP contribution < -0.4 is 10.1 Å². The van der Waals surface area contributed by atoms with Crippen LogP contribution in [0, 0.1) is 0 Å². The van der Waals surface area contributed by atoms with E-state index in [0.717, 1.165) is 25.1 Å². The molecular formula is C20H25NO2S. The Morgan fingerprint density at radius 2 is 1.92 bits per heavy atom. The van der Waals surface area contributed by atoms with Crippen molar-refractivity contribution in [2.75, 3.05) is 6.54 Å². The number of carbonyl (C=O) groups excluding carboxylic acids is 1. The van der Waals surface area contributed by atoms with Crippen LogP contribution in [0.15, 0.2) is 41.8 Å². The molecule has 1 aromatic heterocycles. The molecule has 1 fully saturated rings. The molecule has 1 aliphatic carbocycles. The fraction of sp³-hybridized carbons (Fsp3) is 0.450. The molecule has 1 saturated carbocycles. The summed E-state index contributed by atoms with van der Waals surface area (Å²) in [6, 6.07) is 11.7. The third-order valence-electron chi connectivity index (χ3n) is 4.68. The van der Waals surface area contributed by atoms with Gasteiger partial charge in [0.1, 0.15) is 5.75 Å². The summed E-state index contributed by atoms with van der Waals surface area (Å²) in [4.78, 5) is 13.9. The number of nitrogens with one attached hydrogen (secondary N) is 1. The SMILES string of the molecule is CC(C)Oc1ccc(C(=O)NCC2(c3cccs3)CCCC2)cc1. The van der Waals surface area contributed by atoms with E-state index in [1.165, 1.54) is 17.7 Å². The van der Waals surface area contributed by atoms with Crippen LogP contribution in [0.2, 0.25) is 0 Å². The normalized spacial score (nSPS) is 16.3. The lowest BCUT2D eigenvalue weighted by Crippen LogP contribution is -2.38. The molecule has 0 bridgehead atoms. The summed E-state index contributed by atoms with van der Waals surface area (Å²) >= 11 is 1.81. The summed E-state index contributed by atoms with van der Waals surface area (Å²) in [5, 5.41) is 5.29. The Morgan fingerprint density at radius 3 is 2.50 bits per heavy atom. The highest BCUT2D eigenvalue weighted by atomic mass is 32.1. The van der Waals surface area contributed by atoms with Gasteiger partial charge in [-0.15, -0.1) is 11.3 Å². The Labute approximate surface area is 148 Å². The Hall–Kier alpha value is -1.81. The first-order valence-corrected chi connectivity index (χ1v) is 9.56. The summed E-state index contributed by atoms with van der Waals surface area (Å²) in [6.07, 6.45) is 4.95. The van der Waals surface area contributed by atoms with Gasteiger partial charge in [-0.25, -0.2) is 0 Å². The van der Waals surface area contributed by atoms with Gasteiger partial charge in [0.05, 0.1) is 6.10 Å². The van der Waals surface area contributed by atoms with E-state index in [1.54, 1.807) is 11.3 Å². The number of carbonyl (C=O) groups is 1. The minimum absolute atomic E-state index is 0.00562. The van der Waals surface area contributed by atoms with Crippen LogP contribution in [0.4, 0.5) is 0 Å². The number of hydrogen-bond acceptors (Lipinski definition) is 3. The monoisotopic (exact) mass is 343 g/mol. The fourth-order valence-corrected chi connectivity index (χ4v) is 4.44. The Kier molecular flexibility index (Phi) is 5.24. The Bertz CT molecular complexity index is 655. The highest BCUT2D eigenvalue weighted by Crippen LogP contribution is 2.42. The topological polar surface area (TPSA) is 38.3 Å². The Morgan fingerprint density at radius 1 is 1.21 bits per heavy atom. The minimum Gasteiger partial charge on any atom is -0.491 e. The minimum atomic E-state index is -0.00562. The van der Waals surface area contributed by atoms with Gasteiger partial charge in [0.2, 0.25) is 0 Å². The molecule has 0 atom stereocenters. The zero-order valence-electron chi connectivity index (χ0n) is 14.4. The average Bonchev–Trinajstić information content (AvgIpc) is 3.25. The van der Waals surface area contributed by atoms with Crippen LogP contribution in [0.3, 0.4) is 0 Å². The van der Waals surface area contributed by atoms with Gasteiger partial charge in [0.15, 0.2) is 0 Å². The average molecular weight is 343 g/mol. The highest BCUT2D eigenvalue weighted by molar-refractivity contribution is 7.10. The van der Waals surface area contributed by atoms with E-state index < -0.39 is 0 Å². The van der Waals surface area contributed by atoms with Crippen molar-refractivity contribution >= 4 is 17.2 Å². The number of benzene rings is 1. The van der Waals surface area contributed by atoms with Crippen LogP contribution >= 0.6 is 11.3 Å². The fourth-order valence-electron chi connectivity index (χ4n) is 3.45. The number of rotatable bonds is 6. The molecular weight excluding hydrogens is 318 g/mol. The van der Waals surface area contributed by atoms with Gasteiger partial charge < -0.3 is 10.1 Å². The second-order valence-electron chi connectivity index (χ2n) is 6.84. The lowest BCUT2D eigenvalue weighted by atomic mass is 9.84. The van der Waals surface area contributed by atoms with Crippen LogP contribution in [-0.2, 0) is 5.41 Å². The molecule has 0 radical (unpaired) electrons. The predicted molar refractivity (Wildman–Crippen MR) is 99.0 cm³/mol. The molecule has 0 spiro atoms. The zero-order valence-corrected chi connectivity index (χ0v) is 15.2. The highest BCUT2D eigenvalue weighted by Gasteiger charge is 2.36. The van der Waals surface area contributed by atoms with Gasteiger partial charge in [-0.2, -0.15) is 0 Å². The molecule has 128 valence electrons. The maximum Gasteiger partial charge on any atom is 0.251 e. The first-order valence-electron chi connectivity index (χ1n) is 8.68. The maximum absolute atomic E-state index is 12.5. The largest absolute Gasteiger partial charge is 0.491 e. The lowest BCUT2D eigenvalue weighted by Gasteiger charge is -2.28. The van der Waals surface area contributed by atoms with E-state index in [1.807, 2.05) is 38.1 Å². The van der Waals surface area contributed by atoms with E-state index in [-0.39, 0.29) is 17.4 Å². The maximum atomic E-state index is 12.5. The van der Waals surface area contributed by atoms with Crippen molar-refractivity contribution in [2.45, 2.75) is 51.0 Å². The van der Waals surface area contributed by atoms with Gasteiger partial charge in [0, 0.05) is 22.4 Å². The van der Waals surface area contributed by atoms with E-state index >= 15 is 0 Å². The molecule has 1 heterocycles. The van der Waals surface area contributed by atoms with Crippen LogP contribution in [0.25, 0.3) is 0 Å². The van der Waals surface area contributed by atoms with E-state index in [9.17, 15) is 4.79 Å². The van der Waals surface area contributed by atoms with Gasteiger partial charge in [-0.3, -0.25) is 4.79 Å². The van der Waals surface area contributed by atoms with Crippen molar-refractivity contribution in [1.82, 2.24) is 5.32 Å². The second-order valence-corrected chi connectivity index (χ2v) is 7.79. The molecule has 1 aliphatic rings. The van der Waals surface area contributed by atoms with Crippen LogP contribution in [-0.4, -0.2) is 18.6 Å². The van der Waals surface area contributed by atoms with Crippen molar-refractivity contribution in [1.29, 1.82) is 0 Å². The first kappa shape index (κ1) is 17.0. The van der Waals surface area contributed by atoms with Gasteiger partial charge in [0.25, 0.3) is 5.91 Å². The molecule has 2 aromatic rings. The molecule has 4 heteroatoms. The molecule has 0 unspecified atom stereocenters. The van der Waals surface area contributed by atoms with Crippen molar-refractivity contribution in [3.8, 4) is 5.75 Å². The number of thiophene rings is 1. The summed E-state index contributed by atoms with van der Waals surface area (Å²) in [7, 11) is 0. The first-order chi connectivity index (χ1) is 11.6. The van der Waals surface area contributed by atoms with Crippen LogP contribution in [0.5, 0.6) is 5.75 Å². The molecule has 1 N–H and O–H groups in total. The number of amides is 1. The zero-order chi connectivity index (χ0) is 17.0. The van der Waals surface area contributed by atoms with Gasteiger partial charge in [-0.1, -0.05) is 18.9 Å². The lowest BCUT2D eigenvalue weighted by molar-refractivity contribution is 0.0943. The van der Waals surface area contributed by atoms with Gasteiger partial charge in [-0.05, 0) is 62.4 Å². The summed E-state index contributed by atoms with van der Waals surface area (Å²) in [5.41, 5.74) is 0.815. The van der Waals surface area contributed by atoms with Crippen LogP contribution in [0.1, 0.15) is 54.8 Å². The predicted octanol–water partition coefficient (Wildman–Crippen LogP) is 4.78. The summed E-state index contributed by atoms with van der Waals surface area (Å²) < 4.78 is 5.62. The third kappa shape index (κ3) is 3.81. The van der Waals surface area contributed by atoms with Crippen molar-refractivity contribution in [2.24, 2.45) is 0 Å². The van der Waals surface area contributed by atoms with Gasteiger partial charge >= 0.3 is 0 Å². The Balaban J connectivity index is 1.64. The quantitative estimate of drug-likeness (QED) is 0.820. The van der Waals surface area contributed by atoms with Crippen molar-refractivity contribution in [3.05, 3.63) is 52.2 Å². The van der Waals surface area contributed by atoms with E-state index in [4.69, 9.17) is 4.74 Å². The van der Waals surface area contributed by atoms with Crippen molar-refractivity contribution < 1.29 is 9.53 Å². The molecule has 1 aromatic carbocycles. The smallest absolute Gasteiger partial charge is 0.251 e. The molecule has 1 amide bonds. The number of ether oxygens (including phenoxy) is 1. The second kappa shape index (κ2) is 7.39. The molecule has 0 saturated heterocycles. The molecule has 0 aliphatic heterocycles. The molecule has 24 heavy (non-hydrogen) atoms. The number of hydrogen-bond donors (Lipinski definition) is 1. The molecule has 3 nitrogen and oxygen atoms in total. The van der Waals surface area contributed by atoms with E-state index in [0.29, 0.717) is 5.56 Å². The van der Waals surface area contributed by atoms with E-state index in [2.05, 4.69) is 22.8 Å². The third-order valence-corrected chi connectivity index (χ3v) is 5.80.